The molecule has 0 aliphatic rings. The van der Waals surface area contributed by atoms with E-state index < -0.39 is 5.54 Å². The predicted octanol–water partition coefficient (Wildman–Crippen LogP) is -0.0327. The van der Waals surface area contributed by atoms with Crippen molar-refractivity contribution in [3.05, 3.63) is 0 Å². The fraction of sp³-hybridized carbons (Fsp3) is 0.889. The minimum Gasteiger partial charge on any atom is -0.354 e. The van der Waals surface area contributed by atoms with E-state index in [2.05, 4.69) is 5.32 Å². The third-order valence-corrected chi connectivity index (χ3v) is 1.36. The zero-order chi connectivity index (χ0) is 10.7. The van der Waals surface area contributed by atoms with Crippen molar-refractivity contribution in [2.24, 2.45) is 11.5 Å². The van der Waals surface area contributed by atoms with E-state index in [1.165, 1.54) is 0 Å². The van der Waals surface area contributed by atoms with E-state index >= 15 is 0 Å². The van der Waals surface area contributed by atoms with E-state index in [1.54, 1.807) is 0 Å². The molecule has 5 N–H and O–H groups in total. The minimum absolute atomic E-state index is 0.0500. The second kappa shape index (κ2) is 4.07. The summed E-state index contributed by atoms with van der Waals surface area (Å²) in [5.41, 5.74) is 10.6. The topological polar surface area (TPSA) is 81.1 Å². The first kappa shape index (κ1) is 12.4. The van der Waals surface area contributed by atoms with Crippen molar-refractivity contribution in [1.82, 2.24) is 5.32 Å². The molecule has 0 bridgehead atoms. The lowest BCUT2D eigenvalue weighted by Gasteiger charge is -2.22. The van der Waals surface area contributed by atoms with Gasteiger partial charge in [-0.15, -0.1) is 0 Å². The van der Waals surface area contributed by atoms with Crippen LogP contribution in [0.4, 0.5) is 0 Å². The minimum atomic E-state index is -0.456. The lowest BCUT2D eigenvalue weighted by molar-refractivity contribution is -0.122. The van der Waals surface area contributed by atoms with E-state index in [0.29, 0.717) is 13.0 Å². The summed E-state index contributed by atoms with van der Waals surface area (Å²) in [6.45, 7) is 7.84. The Hall–Kier alpha value is -0.610. The van der Waals surface area contributed by atoms with Crippen LogP contribution in [-0.4, -0.2) is 23.5 Å². The smallest absolute Gasteiger partial charge is 0.221 e. The highest BCUT2D eigenvalue weighted by atomic mass is 16.1. The van der Waals surface area contributed by atoms with Gasteiger partial charge in [0, 0.05) is 24.0 Å². The van der Waals surface area contributed by atoms with E-state index in [-0.39, 0.29) is 11.4 Å². The zero-order valence-corrected chi connectivity index (χ0v) is 8.98. The number of hydrogen-bond acceptors (Lipinski definition) is 3. The maximum Gasteiger partial charge on any atom is 0.221 e. The molecule has 1 amide bonds. The largest absolute Gasteiger partial charge is 0.354 e. The molecule has 0 unspecified atom stereocenters. The first-order valence-corrected chi connectivity index (χ1v) is 4.45. The van der Waals surface area contributed by atoms with E-state index in [4.69, 9.17) is 11.5 Å². The van der Waals surface area contributed by atoms with Crippen LogP contribution in [0.25, 0.3) is 0 Å². The summed E-state index contributed by atoms with van der Waals surface area (Å²) < 4.78 is 0. The van der Waals surface area contributed by atoms with Crippen molar-refractivity contribution >= 4 is 5.91 Å². The molecule has 0 aliphatic carbocycles. The van der Waals surface area contributed by atoms with Crippen LogP contribution in [-0.2, 0) is 4.79 Å². The zero-order valence-electron chi connectivity index (χ0n) is 8.98. The van der Waals surface area contributed by atoms with Crippen LogP contribution in [0.2, 0.25) is 0 Å². The van der Waals surface area contributed by atoms with Gasteiger partial charge in [0.15, 0.2) is 0 Å². The van der Waals surface area contributed by atoms with Crippen LogP contribution in [0.3, 0.4) is 0 Å². The summed E-state index contributed by atoms with van der Waals surface area (Å²) >= 11 is 0. The number of carbonyl (C=O) groups is 1. The molecule has 0 radical (unpaired) electrons. The number of rotatable bonds is 4. The number of amides is 1. The Labute approximate surface area is 80.0 Å². The molecule has 0 atom stereocenters. The molecule has 0 saturated heterocycles. The van der Waals surface area contributed by atoms with E-state index in [9.17, 15) is 4.79 Å². The van der Waals surface area contributed by atoms with Crippen molar-refractivity contribution < 1.29 is 4.79 Å². The lowest BCUT2D eigenvalue weighted by Crippen LogP contribution is -2.47. The Morgan fingerprint density at radius 1 is 1.15 bits per heavy atom. The number of carbonyl (C=O) groups excluding carboxylic acids is 1. The molecule has 0 aromatic rings. The van der Waals surface area contributed by atoms with Crippen LogP contribution < -0.4 is 16.8 Å². The summed E-state index contributed by atoms with van der Waals surface area (Å²) in [7, 11) is 0. The Kier molecular flexibility index (Phi) is 3.88. The average molecular weight is 187 g/mol. The van der Waals surface area contributed by atoms with E-state index in [0.717, 1.165) is 0 Å². The van der Waals surface area contributed by atoms with Crippen molar-refractivity contribution in [3.8, 4) is 0 Å². The van der Waals surface area contributed by atoms with Crippen LogP contribution >= 0.6 is 0 Å². The monoisotopic (exact) mass is 187 g/mol. The molecule has 13 heavy (non-hydrogen) atoms. The average Bonchev–Trinajstić information content (AvgIpc) is 1.78. The molecule has 0 aliphatic heterocycles. The van der Waals surface area contributed by atoms with Gasteiger partial charge in [-0.05, 0) is 27.7 Å². The highest BCUT2D eigenvalue weighted by Crippen LogP contribution is 2.03. The molecule has 0 saturated carbocycles. The Morgan fingerprint density at radius 3 is 1.92 bits per heavy atom. The second-order valence-electron chi connectivity index (χ2n) is 4.93. The summed E-state index contributed by atoms with van der Waals surface area (Å²) in [5.74, 6) is -0.0500. The van der Waals surface area contributed by atoms with Crippen LogP contribution in [0.5, 0.6) is 0 Å². The predicted molar refractivity (Wildman–Crippen MR) is 54.2 cm³/mol. The molecule has 4 heteroatoms. The fourth-order valence-electron chi connectivity index (χ4n) is 0.803. The van der Waals surface area contributed by atoms with Gasteiger partial charge in [-0.25, -0.2) is 0 Å². The van der Waals surface area contributed by atoms with Crippen LogP contribution in [0.15, 0.2) is 0 Å². The summed E-state index contributed by atoms with van der Waals surface area (Å²) in [4.78, 5) is 11.3. The number of nitrogens with one attached hydrogen (secondary N) is 1. The summed E-state index contributed by atoms with van der Waals surface area (Å²) in [5, 5.41) is 2.74. The molecule has 4 nitrogen and oxygen atoms in total. The summed E-state index contributed by atoms with van der Waals surface area (Å²) in [6.07, 6.45) is 0.322. The van der Waals surface area contributed by atoms with Gasteiger partial charge in [0.05, 0.1) is 0 Å². The van der Waals surface area contributed by atoms with Crippen molar-refractivity contribution in [1.29, 1.82) is 0 Å². The normalized spacial score (nSPS) is 12.8. The van der Waals surface area contributed by atoms with Gasteiger partial charge in [-0.1, -0.05) is 0 Å². The Morgan fingerprint density at radius 2 is 1.62 bits per heavy atom. The number of nitrogens with two attached hydrogens (primary N) is 2. The standard InChI is InChI=1S/C9H21N3O/c1-8(2,10)5-7(13)12-6-9(3,4)11/h5-6,10-11H2,1-4H3,(H,12,13). The van der Waals surface area contributed by atoms with Crippen molar-refractivity contribution in [2.75, 3.05) is 6.54 Å². The quantitative estimate of drug-likeness (QED) is 0.578. The van der Waals surface area contributed by atoms with Crippen LogP contribution in [0.1, 0.15) is 34.1 Å². The Balaban J connectivity index is 3.78. The third-order valence-electron chi connectivity index (χ3n) is 1.36. The molecule has 78 valence electrons. The highest BCUT2D eigenvalue weighted by Gasteiger charge is 2.18. The van der Waals surface area contributed by atoms with Gasteiger partial charge in [-0.3, -0.25) is 4.79 Å². The molecular weight excluding hydrogens is 166 g/mol. The van der Waals surface area contributed by atoms with Gasteiger partial charge in [-0.2, -0.15) is 0 Å². The first-order valence-electron chi connectivity index (χ1n) is 4.45. The van der Waals surface area contributed by atoms with Gasteiger partial charge < -0.3 is 16.8 Å². The van der Waals surface area contributed by atoms with Crippen molar-refractivity contribution in [3.63, 3.8) is 0 Å². The molecule has 0 heterocycles. The SMILES string of the molecule is CC(C)(N)CNC(=O)CC(C)(C)N. The van der Waals surface area contributed by atoms with Gasteiger partial charge in [0.25, 0.3) is 0 Å². The number of hydrogen-bond donors (Lipinski definition) is 3. The highest BCUT2D eigenvalue weighted by molar-refractivity contribution is 5.77. The lowest BCUT2D eigenvalue weighted by atomic mass is 10.0. The van der Waals surface area contributed by atoms with Gasteiger partial charge in [0.2, 0.25) is 5.91 Å². The molecule has 0 rings (SSSR count). The maximum absolute atomic E-state index is 11.3. The van der Waals surface area contributed by atoms with Crippen molar-refractivity contribution in [2.45, 2.75) is 45.2 Å². The van der Waals surface area contributed by atoms with E-state index in [1.807, 2.05) is 27.7 Å². The van der Waals surface area contributed by atoms with Gasteiger partial charge in [0.1, 0.15) is 0 Å². The fourth-order valence-corrected chi connectivity index (χ4v) is 0.803. The summed E-state index contributed by atoms with van der Waals surface area (Å²) in [6, 6.07) is 0. The van der Waals surface area contributed by atoms with Gasteiger partial charge >= 0.3 is 0 Å². The molecule has 0 aromatic carbocycles. The molecule has 0 aromatic heterocycles. The molecular formula is C9H21N3O. The molecule has 0 fully saturated rings. The third kappa shape index (κ3) is 9.30. The first-order chi connectivity index (χ1) is 5.60. The maximum atomic E-state index is 11.3. The Bertz CT molecular complexity index is 176. The van der Waals surface area contributed by atoms with Crippen LogP contribution in [0, 0.1) is 0 Å². The molecule has 0 spiro atoms. The second-order valence-corrected chi connectivity index (χ2v) is 4.93.